The summed E-state index contributed by atoms with van der Waals surface area (Å²) >= 11 is 2.20. The van der Waals surface area contributed by atoms with Crippen molar-refractivity contribution in [2.75, 3.05) is 4.43 Å². The first-order valence-electron chi connectivity index (χ1n) is 4.25. The molecule has 1 aromatic rings. The van der Waals surface area contributed by atoms with Gasteiger partial charge in [-0.2, -0.15) is 0 Å². The second-order valence-corrected chi connectivity index (χ2v) is 4.37. The third-order valence-electron chi connectivity index (χ3n) is 2.39. The highest BCUT2D eigenvalue weighted by molar-refractivity contribution is 14.1. The van der Waals surface area contributed by atoms with Crippen molar-refractivity contribution in [2.45, 2.75) is 18.6 Å². The van der Waals surface area contributed by atoms with Crippen molar-refractivity contribution >= 4 is 22.6 Å². The Morgan fingerprint density at radius 1 is 1.50 bits per heavy atom. The molecule has 0 N–H and O–H groups in total. The van der Waals surface area contributed by atoms with Gasteiger partial charge < -0.3 is 4.74 Å². The quantitative estimate of drug-likeness (QED) is 0.464. The molecule has 1 saturated heterocycles. The van der Waals surface area contributed by atoms with E-state index in [9.17, 15) is 8.78 Å². The van der Waals surface area contributed by atoms with Gasteiger partial charge in [-0.05, 0) is 13.0 Å². The number of ether oxygens (including phenoxy) is 1. The molecule has 1 aromatic carbocycles. The molecule has 0 saturated carbocycles. The Morgan fingerprint density at radius 2 is 2.21 bits per heavy atom. The molecule has 2 unspecified atom stereocenters. The average molecular weight is 310 g/mol. The van der Waals surface area contributed by atoms with Crippen molar-refractivity contribution in [1.82, 2.24) is 0 Å². The van der Waals surface area contributed by atoms with Crippen LogP contribution in [-0.2, 0) is 4.74 Å². The van der Waals surface area contributed by atoms with Crippen molar-refractivity contribution in [1.29, 1.82) is 0 Å². The van der Waals surface area contributed by atoms with Crippen molar-refractivity contribution in [3.8, 4) is 0 Å². The van der Waals surface area contributed by atoms with E-state index in [0.29, 0.717) is 5.56 Å². The predicted molar refractivity (Wildman–Crippen MR) is 57.5 cm³/mol. The van der Waals surface area contributed by atoms with Gasteiger partial charge in [0.2, 0.25) is 0 Å². The second kappa shape index (κ2) is 3.41. The Kier molecular flexibility index (Phi) is 2.51. The number of epoxide rings is 1. The molecule has 4 heteroatoms. The van der Waals surface area contributed by atoms with Crippen molar-refractivity contribution in [2.24, 2.45) is 0 Å². The van der Waals surface area contributed by atoms with Crippen LogP contribution in [0, 0.1) is 11.6 Å². The summed E-state index contributed by atoms with van der Waals surface area (Å²) in [7, 11) is 0. The molecule has 1 heterocycles. The second-order valence-electron chi connectivity index (χ2n) is 3.61. The molecule has 1 nitrogen and oxygen atoms in total. The zero-order valence-electron chi connectivity index (χ0n) is 7.56. The number of halogens is 3. The SMILES string of the molecule is CC1(CI)OC1c1ccc(F)cc1F. The third kappa shape index (κ3) is 1.65. The van der Waals surface area contributed by atoms with Crippen LogP contribution < -0.4 is 0 Å². The maximum absolute atomic E-state index is 13.3. The van der Waals surface area contributed by atoms with Gasteiger partial charge in [0.25, 0.3) is 0 Å². The van der Waals surface area contributed by atoms with Gasteiger partial charge in [-0.3, -0.25) is 0 Å². The maximum Gasteiger partial charge on any atom is 0.132 e. The van der Waals surface area contributed by atoms with Crippen LogP contribution in [0.1, 0.15) is 18.6 Å². The summed E-state index contributed by atoms with van der Waals surface area (Å²) in [6.45, 7) is 1.92. The molecule has 14 heavy (non-hydrogen) atoms. The molecule has 76 valence electrons. The topological polar surface area (TPSA) is 12.5 Å². The summed E-state index contributed by atoms with van der Waals surface area (Å²) in [6, 6.07) is 3.60. The van der Waals surface area contributed by atoms with Crippen LogP contribution in [0.15, 0.2) is 18.2 Å². The van der Waals surface area contributed by atoms with Crippen LogP contribution in [-0.4, -0.2) is 10.0 Å². The lowest BCUT2D eigenvalue weighted by Crippen LogP contribution is -2.08. The highest BCUT2D eigenvalue weighted by Crippen LogP contribution is 2.50. The van der Waals surface area contributed by atoms with Crippen molar-refractivity contribution < 1.29 is 13.5 Å². The van der Waals surface area contributed by atoms with Crippen molar-refractivity contribution in [3.05, 3.63) is 35.4 Å². The van der Waals surface area contributed by atoms with Gasteiger partial charge in [-0.1, -0.05) is 28.7 Å². The Bertz CT molecular complexity index is 369. The van der Waals surface area contributed by atoms with Crippen LogP contribution in [0.2, 0.25) is 0 Å². The van der Waals surface area contributed by atoms with Crippen LogP contribution in [0.25, 0.3) is 0 Å². The zero-order chi connectivity index (χ0) is 10.3. The van der Waals surface area contributed by atoms with Gasteiger partial charge in [0.15, 0.2) is 0 Å². The van der Waals surface area contributed by atoms with Crippen LogP contribution in [0.5, 0.6) is 0 Å². The van der Waals surface area contributed by atoms with Gasteiger partial charge in [0, 0.05) is 16.1 Å². The molecule has 1 fully saturated rings. The molecule has 0 aliphatic carbocycles. The highest BCUT2D eigenvalue weighted by Gasteiger charge is 2.53. The normalized spacial score (nSPS) is 30.4. The smallest absolute Gasteiger partial charge is 0.132 e. The minimum atomic E-state index is -0.553. The molecule has 0 bridgehead atoms. The number of hydrogen-bond donors (Lipinski definition) is 0. The van der Waals surface area contributed by atoms with Gasteiger partial charge in [0.05, 0.1) is 0 Å². The molecule has 1 aliphatic rings. The number of hydrogen-bond acceptors (Lipinski definition) is 1. The number of rotatable bonds is 2. The monoisotopic (exact) mass is 310 g/mol. The summed E-state index contributed by atoms with van der Waals surface area (Å²) in [4.78, 5) is 0. The molecular formula is C10H9F2IO. The maximum atomic E-state index is 13.3. The fourth-order valence-corrected chi connectivity index (χ4v) is 2.02. The number of benzene rings is 1. The molecular weight excluding hydrogens is 301 g/mol. The standard InChI is InChI=1S/C10H9F2IO/c1-10(5-13)9(14-10)7-3-2-6(11)4-8(7)12/h2-4,9H,5H2,1H3. The molecule has 0 radical (unpaired) electrons. The van der Waals surface area contributed by atoms with E-state index in [1.165, 1.54) is 12.1 Å². The molecule has 2 rings (SSSR count). The summed E-state index contributed by atoms with van der Waals surface area (Å²) in [5.74, 6) is -1.08. The van der Waals surface area contributed by atoms with Gasteiger partial charge in [-0.25, -0.2) is 8.78 Å². The van der Waals surface area contributed by atoms with E-state index in [1.807, 2.05) is 6.92 Å². The van der Waals surface area contributed by atoms with E-state index in [2.05, 4.69) is 22.6 Å². The van der Waals surface area contributed by atoms with E-state index >= 15 is 0 Å². The lowest BCUT2D eigenvalue weighted by molar-refractivity contribution is 0.329. The Hall–Kier alpha value is -0.230. The predicted octanol–water partition coefficient (Wildman–Crippen LogP) is 3.23. The largest absolute Gasteiger partial charge is 0.360 e. The summed E-state index contributed by atoms with van der Waals surface area (Å²) in [5.41, 5.74) is 0.171. The van der Waals surface area contributed by atoms with E-state index in [1.54, 1.807) is 0 Å². The van der Waals surface area contributed by atoms with E-state index < -0.39 is 11.6 Å². The van der Waals surface area contributed by atoms with Crippen LogP contribution >= 0.6 is 22.6 Å². The minimum absolute atomic E-state index is 0.222. The third-order valence-corrected chi connectivity index (χ3v) is 3.91. The minimum Gasteiger partial charge on any atom is -0.360 e. The first-order valence-corrected chi connectivity index (χ1v) is 5.78. The van der Waals surface area contributed by atoms with Crippen molar-refractivity contribution in [3.63, 3.8) is 0 Å². The van der Waals surface area contributed by atoms with E-state index in [4.69, 9.17) is 4.74 Å². The molecule has 1 aliphatic heterocycles. The lowest BCUT2D eigenvalue weighted by Gasteiger charge is -2.02. The fraction of sp³-hybridized carbons (Fsp3) is 0.400. The first kappa shape index (κ1) is 10.3. The average Bonchev–Trinajstić information content (AvgIpc) is 2.79. The Morgan fingerprint density at radius 3 is 2.71 bits per heavy atom. The fourth-order valence-electron chi connectivity index (χ4n) is 1.44. The van der Waals surface area contributed by atoms with Crippen LogP contribution in [0.3, 0.4) is 0 Å². The lowest BCUT2D eigenvalue weighted by atomic mass is 10.0. The molecule has 0 aromatic heterocycles. The first-order chi connectivity index (χ1) is 6.57. The summed E-state index contributed by atoms with van der Waals surface area (Å²) < 4.78 is 32.1. The van der Waals surface area contributed by atoms with Gasteiger partial charge in [0.1, 0.15) is 23.3 Å². The van der Waals surface area contributed by atoms with Gasteiger partial charge >= 0.3 is 0 Å². The molecule has 2 atom stereocenters. The Balaban J connectivity index is 2.27. The number of alkyl halides is 1. The highest BCUT2D eigenvalue weighted by atomic mass is 127. The zero-order valence-corrected chi connectivity index (χ0v) is 9.72. The molecule has 0 amide bonds. The Labute approximate surface area is 94.6 Å². The summed E-state index contributed by atoms with van der Waals surface area (Å²) in [5, 5.41) is 0. The summed E-state index contributed by atoms with van der Waals surface area (Å²) in [6.07, 6.45) is -0.222. The van der Waals surface area contributed by atoms with Crippen LogP contribution in [0.4, 0.5) is 8.78 Å². The van der Waals surface area contributed by atoms with E-state index in [-0.39, 0.29) is 11.7 Å². The van der Waals surface area contributed by atoms with E-state index in [0.717, 1.165) is 10.5 Å². The van der Waals surface area contributed by atoms with Gasteiger partial charge in [-0.15, -0.1) is 0 Å². The molecule has 0 spiro atoms.